The zero-order chi connectivity index (χ0) is 31.9. The molecule has 1 aromatic rings. The number of phenols is 1. The van der Waals surface area contributed by atoms with Gasteiger partial charge in [0.05, 0.1) is 5.41 Å². The van der Waals surface area contributed by atoms with Crippen LogP contribution in [0.1, 0.15) is 118 Å². The summed E-state index contributed by atoms with van der Waals surface area (Å²) in [5, 5.41) is 19.7. The van der Waals surface area contributed by atoms with E-state index in [9.17, 15) is 19.8 Å². The first-order valence-electron chi connectivity index (χ1n) is 17.1. The fourth-order valence-electron chi connectivity index (χ4n) is 11.7. The number of hydrogen-bond acceptors (Lipinski definition) is 4. The van der Waals surface area contributed by atoms with E-state index in [1.807, 2.05) is 6.92 Å². The molecule has 1 aromatic carbocycles. The van der Waals surface area contributed by atoms with Crippen molar-refractivity contribution < 1.29 is 24.5 Å². The van der Waals surface area contributed by atoms with E-state index in [4.69, 9.17) is 4.74 Å². The molecule has 4 fully saturated rings. The van der Waals surface area contributed by atoms with Crippen molar-refractivity contribution in [3.63, 3.8) is 0 Å². The Labute approximate surface area is 264 Å². The second-order valence-electron chi connectivity index (χ2n) is 17.3. The van der Waals surface area contributed by atoms with Crippen LogP contribution < -0.4 is 0 Å². The van der Waals surface area contributed by atoms with Crippen molar-refractivity contribution in [1.29, 1.82) is 0 Å². The standard InChI is InChI=1S/C39H54O5/c1-34(2)29-16-19-39(7)30(37(29,5)18-17-31(34)44-32(41)15-10-25-8-11-26(40)12-9-25)14-13-27-28-24-36(4,33(42)43)21-20-35(28,3)22-23-38(27,39)6/h8-13,15,28-31,40H,14,16-24H2,1-7H3,(H,42,43). The van der Waals surface area contributed by atoms with E-state index in [0.717, 1.165) is 56.9 Å². The molecule has 0 spiro atoms. The van der Waals surface area contributed by atoms with Crippen molar-refractivity contribution >= 4 is 18.0 Å². The maximum absolute atomic E-state index is 13.0. The van der Waals surface area contributed by atoms with Crippen LogP contribution in [-0.4, -0.2) is 28.3 Å². The van der Waals surface area contributed by atoms with Gasteiger partial charge in [-0.25, -0.2) is 4.79 Å². The Morgan fingerprint density at radius 3 is 2.23 bits per heavy atom. The molecule has 0 saturated heterocycles. The Morgan fingerprint density at radius 1 is 0.864 bits per heavy atom. The van der Waals surface area contributed by atoms with Crippen molar-refractivity contribution in [3.05, 3.63) is 47.6 Å². The highest BCUT2D eigenvalue weighted by Crippen LogP contribution is 2.75. The number of carbonyl (C=O) groups is 2. The highest BCUT2D eigenvalue weighted by molar-refractivity contribution is 5.87. The van der Waals surface area contributed by atoms with Gasteiger partial charge in [0.15, 0.2) is 0 Å². The molecule has 2 N–H and O–H groups in total. The van der Waals surface area contributed by atoms with Gasteiger partial charge < -0.3 is 14.9 Å². The lowest BCUT2D eigenvalue weighted by atomic mass is 9.33. The van der Waals surface area contributed by atoms with Crippen LogP contribution in [0.4, 0.5) is 0 Å². The summed E-state index contributed by atoms with van der Waals surface area (Å²) >= 11 is 0. The molecule has 0 aromatic heterocycles. The Balaban J connectivity index is 1.25. The molecular formula is C39H54O5. The summed E-state index contributed by atoms with van der Waals surface area (Å²) in [7, 11) is 0. The highest BCUT2D eigenvalue weighted by atomic mass is 16.5. The van der Waals surface area contributed by atoms with E-state index in [1.54, 1.807) is 35.9 Å². The van der Waals surface area contributed by atoms with Gasteiger partial charge in [0.25, 0.3) is 0 Å². The first-order valence-corrected chi connectivity index (χ1v) is 17.1. The third kappa shape index (κ3) is 4.53. The first kappa shape index (κ1) is 31.4. The molecule has 9 atom stereocenters. The molecular weight excluding hydrogens is 548 g/mol. The molecule has 0 aliphatic heterocycles. The topological polar surface area (TPSA) is 83.8 Å². The summed E-state index contributed by atoms with van der Waals surface area (Å²) in [6.45, 7) is 16.7. The second kappa shape index (κ2) is 10.2. The van der Waals surface area contributed by atoms with Crippen LogP contribution in [0.2, 0.25) is 0 Å². The van der Waals surface area contributed by atoms with Crippen LogP contribution in [0.5, 0.6) is 5.75 Å². The van der Waals surface area contributed by atoms with Gasteiger partial charge >= 0.3 is 11.9 Å². The Hall–Kier alpha value is -2.56. The van der Waals surface area contributed by atoms with Crippen LogP contribution in [0.3, 0.4) is 0 Å². The highest BCUT2D eigenvalue weighted by Gasteiger charge is 2.68. The van der Waals surface area contributed by atoms with Gasteiger partial charge in [0, 0.05) is 11.5 Å². The van der Waals surface area contributed by atoms with Crippen molar-refractivity contribution in [3.8, 4) is 5.75 Å². The van der Waals surface area contributed by atoms with Gasteiger partial charge in [0.1, 0.15) is 11.9 Å². The molecule has 4 saturated carbocycles. The van der Waals surface area contributed by atoms with Crippen LogP contribution >= 0.6 is 0 Å². The molecule has 5 aliphatic carbocycles. The molecule has 240 valence electrons. The second-order valence-corrected chi connectivity index (χ2v) is 17.3. The summed E-state index contributed by atoms with van der Waals surface area (Å²) in [6, 6.07) is 6.80. The molecule has 0 bridgehead atoms. The minimum absolute atomic E-state index is 0.0807. The average molecular weight is 603 g/mol. The van der Waals surface area contributed by atoms with Crippen molar-refractivity contribution in [1.82, 2.24) is 0 Å². The van der Waals surface area contributed by atoms with E-state index in [2.05, 4.69) is 47.6 Å². The summed E-state index contributed by atoms with van der Waals surface area (Å²) in [6.07, 6.45) is 16.0. The van der Waals surface area contributed by atoms with Crippen molar-refractivity contribution in [2.75, 3.05) is 0 Å². The van der Waals surface area contributed by atoms with Gasteiger partial charge in [-0.15, -0.1) is 0 Å². The van der Waals surface area contributed by atoms with Gasteiger partial charge in [-0.1, -0.05) is 65.3 Å². The molecule has 9 unspecified atom stereocenters. The number of carboxylic acid groups (broad SMARTS) is 1. The Morgan fingerprint density at radius 2 is 1.55 bits per heavy atom. The molecule has 5 heteroatoms. The molecule has 44 heavy (non-hydrogen) atoms. The lowest BCUT2D eigenvalue weighted by Gasteiger charge is -2.71. The number of aliphatic carboxylic acids is 1. The van der Waals surface area contributed by atoms with Crippen LogP contribution in [0.15, 0.2) is 42.0 Å². The smallest absolute Gasteiger partial charge is 0.331 e. The number of benzene rings is 1. The van der Waals surface area contributed by atoms with Gasteiger partial charge in [0.2, 0.25) is 0 Å². The summed E-state index contributed by atoms with van der Waals surface area (Å²) in [5.41, 5.74) is 2.25. The van der Waals surface area contributed by atoms with E-state index < -0.39 is 11.4 Å². The fraction of sp³-hybridized carbons (Fsp3) is 0.692. The van der Waals surface area contributed by atoms with Crippen molar-refractivity contribution in [2.24, 2.45) is 50.2 Å². The largest absolute Gasteiger partial charge is 0.508 e. The Kier molecular flexibility index (Phi) is 7.30. The van der Waals surface area contributed by atoms with Gasteiger partial charge in [-0.05, 0) is 134 Å². The zero-order valence-electron chi connectivity index (χ0n) is 28.0. The molecule has 6 rings (SSSR count). The minimum Gasteiger partial charge on any atom is -0.508 e. The molecule has 5 nitrogen and oxygen atoms in total. The third-order valence-electron chi connectivity index (χ3n) is 14.9. The lowest BCUT2D eigenvalue weighted by molar-refractivity contribution is -0.211. The lowest BCUT2D eigenvalue weighted by Crippen LogP contribution is -2.64. The van der Waals surface area contributed by atoms with E-state index in [0.29, 0.717) is 17.8 Å². The van der Waals surface area contributed by atoms with Crippen LogP contribution in [0.25, 0.3) is 6.08 Å². The maximum Gasteiger partial charge on any atom is 0.331 e. The number of esters is 1. The number of aromatic hydroxyl groups is 1. The first-order chi connectivity index (χ1) is 20.5. The predicted octanol–water partition coefficient (Wildman–Crippen LogP) is 9.20. The number of carboxylic acids is 1. The van der Waals surface area contributed by atoms with Gasteiger partial charge in [-0.2, -0.15) is 0 Å². The van der Waals surface area contributed by atoms with Crippen LogP contribution in [0, 0.1) is 50.2 Å². The van der Waals surface area contributed by atoms with Crippen LogP contribution in [-0.2, 0) is 14.3 Å². The summed E-state index contributed by atoms with van der Waals surface area (Å²) < 4.78 is 6.19. The quantitative estimate of drug-likeness (QED) is 0.204. The SMILES string of the molecule is CC1(C(=O)O)CCC2(C)CCC3(C)C(=CCC4C5(C)CCC(OC(=O)C=Cc6ccc(O)cc6)C(C)(C)C5CCC43C)C2C1. The monoisotopic (exact) mass is 602 g/mol. The minimum atomic E-state index is -0.635. The average Bonchev–Trinajstić information content (AvgIpc) is 2.95. The van der Waals surface area contributed by atoms with E-state index in [1.165, 1.54) is 18.9 Å². The number of phenolic OH excluding ortho intramolecular Hbond substituents is 1. The number of ether oxygens (including phenoxy) is 1. The fourth-order valence-corrected chi connectivity index (χ4v) is 11.7. The number of rotatable bonds is 4. The van der Waals surface area contributed by atoms with E-state index >= 15 is 0 Å². The number of carbonyl (C=O) groups excluding carboxylic acids is 1. The summed E-state index contributed by atoms with van der Waals surface area (Å²) in [5.74, 6) is 0.626. The molecule has 0 heterocycles. The number of hydrogen-bond donors (Lipinski definition) is 2. The number of fused-ring (bicyclic) bond motifs is 7. The number of allylic oxidation sites excluding steroid dienone is 2. The third-order valence-corrected chi connectivity index (χ3v) is 14.9. The van der Waals surface area contributed by atoms with E-state index in [-0.39, 0.29) is 44.9 Å². The molecule has 5 aliphatic rings. The normalized spacial score (nSPS) is 44.4. The molecule has 0 radical (unpaired) electrons. The van der Waals surface area contributed by atoms with Crippen molar-refractivity contribution in [2.45, 2.75) is 119 Å². The zero-order valence-corrected chi connectivity index (χ0v) is 28.0. The molecule has 0 amide bonds. The predicted molar refractivity (Wildman–Crippen MR) is 174 cm³/mol. The summed E-state index contributed by atoms with van der Waals surface area (Å²) in [4.78, 5) is 25.4. The van der Waals surface area contributed by atoms with Gasteiger partial charge in [-0.3, -0.25) is 4.79 Å². The Bertz CT molecular complexity index is 1390. The maximum atomic E-state index is 13.0.